The predicted octanol–water partition coefficient (Wildman–Crippen LogP) is 2.44. The minimum Gasteiger partial charge on any atom is -0.383 e. The Bertz CT molecular complexity index is 205. The van der Waals surface area contributed by atoms with E-state index in [1.165, 1.54) is 19.3 Å². The molecule has 4 heteroatoms. The number of halogens is 1. The number of rotatable bonds is 6. The molecule has 94 valence electrons. The Morgan fingerprint density at radius 1 is 1.31 bits per heavy atom. The number of carbonyl (C=O) groups excluding carboxylic acids is 1. The number of hydrogen-bond donors (Lipinski definition) is 0. The summed E-state index contributed by atoms with van der Waals surface area (Å²) in [6, 6.07) is 0. The van der Waals surface area contributed by atoms with E-state index in [9.17, 15) is 4.79 Å². The summed E-state index contributed by atoms with van der Waals surface area (Å²) in [6.07, 6.45) is 5.86. The molecule has 0 aromatic carbocycles. The first-order valence-electron chi connectivity index (χ1n) is 6.13. The van der Waals surface area contributed by atoms with Crippen molar-refractivity contribution in [1.29, 1.82) is 0 Å². The molecule has 1 rings (SSSR count). The average Bonchev–Trinajstić information content (AvgIpc) is 2.35. The zero-order valence-corrected chi connectivity index (χ0v) is 11.7. The van der Waals surface area contributed by atoms with Gasteiger partial charge in [0.15, 0.2) is 0 Å². The van der Waals surface area contributed by atoms with E-state index >= 15 is 0 Å². The van der Waals surface area contributed by atoms with Crippen LogP contribution < -0.4 is 0 Å². The summed E-state index contributed by atoms with van der Waals surface area (Å²) in [5, 5.41) is 0.842. The van der Waals surface area contributed by atoms with Crippen LogP contribution in [0.15, 0.2) is 0 Å². The third kappa shape index (κ3) is 4.42. The van der Waals surface area contributed by atoms with Crippen molar-refractivity contribution in [1.82, 2.24) is 4.90 Å². The molecule has 0 aliphatic heterocycles. The molecule has 0 aromatic heterocycles. The van der Waals surface area contributed by atoms with Crippen molar-refractivity contribution in [2.24, 2.45) is 5.92 Å². The van der Waals surface area contributed by atoms with Crippen LogP contribution in [0, 0.1) is 5.92 Å². The first kappa shape index (κ1) is 14.0. The van der Waals surface area contributed by atoms with E-state index in [0.29, 0.717) is 12.5 Å². The maximum absolute atomic E-state index is 12.2. The normalized spacial score (nSPS) is 17.4. The van der Waals surface area contributed by atoms with Crippen molar-refractivity contribution < 1.29 is 9.53 Å². The summed E-state index contributed by atoms with van der Waals surface area (Å²) in [7, 11) is 1.68. The van der Waals surface area contributed by atoms with Gasteiger partial charge in [-0.1, -0.05) is 35.2 Å². The monoisotopic (exact) mass is 291 g/mol. The molecule has 0 saturated heterocycles. The van der Waals surface area contributed by atoms with Crippen LogP contribution >= 0.6 is 15.9 Å². The molecule has 16 heavy (non-hydrogen) atoms. The van der Waals surface area contributed by atoms with Crippen LogP contribution in [0.3, 0.4) is 0 Å². The average molecular weight is 292 g/mol. The summed E-state index contributed by atoms with van der Waals surface area (Å²) in [4.78, 5) is 14.2. The first-order valence-corrected chi connectivity index (χ1v) is 7.25. The zero-order chi connectivity index (χ0) is 11.8. The molecule has 1 saturated carbocycles. The molecule has 0 aromatic rings. The van der Waals surface area contributed by atoms with Gasteiger partial charge in [0, 0.05) is 31.4 Å². The lowest BCUT2D eigenvalue weighted by Crippen LogP contribution is -2.40. The maximum atomic E-state index is 12.2. The van der Waals surface area contributed by atoms with Crippen molar-refractivity contribution >= 4 is 21.8 Å². The topological polar surface area (TPSA) is 29.5 Å². The van der Waals surface area contributed by atoms with Crippen molar-refractivity contribution in [2.45, 2.75) is 32.1 Å². The Morgan fingerprint density at radius 2 is 2.00 bits per heavy atom. The molecular weight excluding hydrogens is 270 g/mol. The van der Waals surface area contributed by atoms with Gasteiger partial charge < -0.3 is 9.64 Å². The van der Waals surface area contributed by atoms with Gasteiger partial charge in [-0.05, 0) is 12.8 Å². The van der Waals surface area contributed by atoms with Gasteiger partial charge in [-0.3, -0.25) is 4.79 Å². The number of ether oxygens (including phenoxy) is 1. The minimum absolute atomic E-state index is 0.268. The Kier molecular flexibility index (Phi) is 7.05. The standard InChI is InChI=1S/C12H22BrNO2/c1-16-10-9-14(8-7-13)12(15)11-5-3-2-4-6-11/h11H,2-10H2,1H3. The number of carbonyl (C=O) groups is 1. The molecule has 0 N–H and O–H groups in total. The summed E-state index contributed by atoms with van der Waals surface area (Å²) in [6.45, 7) is 2.14. The molecule has 1 amide bonds. The number of methoxy groups -OCH3 is 1. The number of nitrogens with zero attached hydrogens (tertiary/aromatic N) is 1. The molecule has 0 atom stereocenters. The zero-order valence-electron chi connectivity index (χ0n) is 10.1. The lowest BCUT2D eigenvalue weighted by atomic mass is 9.88. The van der Waals surface area contributed by atoms with Gasteiger partial charge in [-0.2, -0.15) is 0 Å². The molecule has 3 nitrogen and oxygen atoms in total. The summed E-state index contributed by atoms with van der Waals surface area (Å²) in [5.41, 5.74) is 0. The highest BCUT2D eigenvalue weighted by Crippen LogP contribution is 2.25. The van der Waals surface area contributed by atoms with Crippen molar-refractivity contribution in [2.75, 3.05) is 32.1 Å². The molecule has 1 aliphatic rings. The van der Waals surface area contributed by atoms with Gasteiger partial charge in [-0.25, -0.2) is 0 Å². The van der Waals surface area contributed by atoms with E-state index in [0.717, 1.165) is 31.3 Å². The Balaban J connectivity index is 2.44. The van der Waals surface area contributed by atoms with Crippen LogP contribution in [-0.2, 0) is 9.53 Å². The highest BCUT2D eigenvalue weighted by Gasteiger charge is 2.25. The first-order chi connectivity index (χ1) is 7.79. The van der Waals surface area contributed by atoms with E-state index in [1.807, 2.05) is 4.90 Å². The van der Waals surface area contributed by atoms with Crippen LogP contribution in [0.25, 0.3) is 0 Å². The summed E-state index contributed by atoms with van der Waals surface area (Å²) in [5.74, 6) is 0.598. The molecular formula is C12H22BrNO2. The van der Waals surface area contributed by atoms with E-state index in [-0.39, 0.29) is 5.92 Å². The van der Waals surface area contributed by atoms with Gasteiger partial charge in [0.2, 0.25) is 5.91 Å². The highest BCUT2D eigenvalue weighted by molar-refractivity contribution is 9.09. The lowest BCUT2D eigenvalue weighted by Gasteiger charge is -2.28. The fourth-order valence-corrected chi connectivity index (χ4v) is 2.67. The maximum Gasteiger partial charge on any atom is 0.225 e. The van der Waals surface area contributed by atoms with E-state index in [2.05, 4.69) is 15.9 Å². The van der Waals surface area contributed by atoms with Crippen molar-refractivity contribution in [3.8, 4) is 0 Å². The molecule has 1 aliphatic carbocycles. The van der Waals surface area contributed by atoms with Gasteiger partial charge in [0.25, 0.3) is 0 Å². The summed E-state index contributed by atoms with van der Waals surface area (Å²) >= 11 is 3.40. The SMILES string of the molecule is COCCN(CCBr)C(=O)C1CCCCC1. The van der Waals surface area contributed by atoms with E-state index in [4.69, 9.17) is 4.74 Å². The Hall–Kier alpha value is -0.0900. The smallest absolute Gasteiger partial charge is 0.225 e. The fourth-order valence-electron chi connectivity index (χ4n) is 2.24. The Labute approximate surface area is 107 Å². The lowest BCUT2D eigenvalue weighted by molar-refractivity contribution is -0.136. The number of hydrogen-bond acceptors (Lipinski definition) is 2. The molecule has 0 spiro atoms. The second-order valence-corrected chi connectivity index (χ2v) is 5.13. The van der Waals surface area contributed by atoms with Gasteiger partial charge in [0.1, 0.15) is 0 Å². The largest absolute Gasteiger partial charge is 0.383 e. The fraction of sp³-hybridized carbons (Fsp3) is 0.917. The second kappa shape index (κ2) is 8.07. The van der Waals surface area contributed by atoms with Crippen LogP contribution in [0.4, 0.5) is 0 Å². The van der Waals surface area contributed by atoms with Crippen molar-refractivity contribution in [3.05, 3.63) is 0 Å². The van der Waals surface area contributed by atoms with Crippen LogP contribution in [0.2, 0.25) is 0 Å². The van der Waals surface area contributed by atoms with Gasteiger partial charge >= 0.3 is 0 Å². The van der Waals surface area contributed by atoms with Gasteiger partial charge in [-0.15, -0.1) is 0 Å². The number of amides is 1. The molecule has 0 bridgehead atoms. The summed E-state index contributed by atoms with van der Waals surface area (Å²) < 4.78 is 5.05. The second-order valence-electron chi connectivity index (χ2n) is 4.34. The predicted molar refractivity (Wildman–Crippen MR) is 68.8 cm³/mol. The third-order valence-electron chi connectivity index (χ3n) is 3.19. The van der Waals surface area contributed by atoms with Crippen molar-refractivity contribution in [3.63, 3.8) is 0 Å². The molecule has 1 fully saturated rings. The van der Waals surface area contributed by atoms with Crippen LogP contribution in [0.1, 0.15) is 32.1 Å². The molecule has 0 unspecified atom stereocenters. The minimum atomic E-state index is 0.268. The molecule has 0 radical (unpaired) electrons. The third-order valence-corrected chi connectivity index (χ3v) is 3.54. The number of alkyl halides is 1. The highest BCUT2D eigenvalue weighted by atomic mass is 79.9. The van der Waals surface area contributed by atoms with Crippen LogP contribution in [-0.4, -0.2) is 42.9 Å². The van der Waals surface area contributed by atoms with Crippen LogP contribution in [0.5, 0.6) is 0 Å². The van der Waals surface area contributed by atoms with Gasteiger partial charge in [0.05, 0.1) is 6.61 Å². The Morgan fingerprint density at radius 3 is 2.56 bits per heavy atom. The quantitative estimate of drug-likeness (QED) is 0.704. The van der Waals surface area contributed by atoms with E-state index < -0.39 is 0 Å². The molecule has 0 heterocycles. The van der Waals surface area contributed by atoms with E-state index in [1.54, 1.807) is 7.11 Å².